The normalized spacial score (nSPS) is 14.2. The van der Waals surface area contributed by atoms with Crippen LogP contribution in [0.3, 0.4) is 0 Å². The molecule has 2 aromatic rings. The van der Waals surface area contributed by atoms with Crippen molar-refractivity contribution in [2.75, 3.05) is 49.5 Å². The van der Waals surface area contributed by atoms with Crippen LogP contribution in [0.15, 0.2) is 48.5 Å². The van der Waals surface area contributed by atoms with E-state index < -0.39 is 16.0 Å². The van der Waals surface area contributed by atoms with Gasteiger partial charge in [-0.2, -0.15) is 0 Å². The number of amides is 1. The molecule has 10 heteroatoms. The third-order valence-corrected chi connectivity index (χ3v) is 6.12. The Morgan fingerprint density at radius 2 is 1.81 bits per heavy atom. The van der Waals surface area contributed by atoms with E-state index in [4.69, 9.17) is 4.74 Å². The Labute approximate surface area is 181 Å². The fourth-order valence-electron chi connectivity index (χ4n) is 3.24. The van der Waals surface area contributed by atoms with Crippen molar-refractivity contribution in [1.82, 2.24) is 4.90 Å². The molecule has 1 aliphatic heterocycles. The summed E-state index contributed by atoms with van der Waals surface area (Å²) >= 11 is 0. The summed E-state index contributed by atoms with van der Waals surface area (Å²) in [6, 6.07) is 12.9. The van der Waals surface area contributed by atoms with Crippen LogP contribution in [0.25, 0.3) is 0 Å². The van der Waals surface area contributed by atoms with Crippen molar-refractivity contribution in [2.24, 2.45) is 0 Å². The van der Waals surface area contributed by atoms with E-state index in [0.29, 0.717) is 37.6 Å². The number of ether oxygens (including phenoxy) is 1. The summed E-state index contributed by atoms with van der Waals surface area (Å²) in [6.45, 7) is 2.11. The maximum Gasteiger partial charge on any atom is 0.337 e. The fourth-order valence-corrected chi connectivity index (χ4v) is 4.46. The molecule has 3 rings (SSSR count). The van der Waals surface area contributed by atoms with Crippen molar-refractivity contribution in [1.29, 1.82) is 0 Å². The van der Waals surface area contributed by atoms with Crippen LogP contribution in [-0.4, -0.2) is 70.2 Å². The van der Waals surface area contributed by atoms with Gasteiger partial charge in [-0.15, -0.1) is 0 Å². The van der Waals surface area contributed by atoms with E-state index in [0.717, 1.165) is 0 Å². The first-order valence-corrected chi connectivity index (χ1v) is 11.4. The average molecular weight is 448 g/mol. The fraction of sp³-hybridized carbons (Fsp3) is 0.333. The standard InChI is InChI=1S/C21H25N3O6S/c1-23(14-20(25)24-9-11-30-12-10-24)17-7-8-19(18(13-17)21(26)27)22-31(28,29)15-16-5-3-2-4-6-16/h2-8,13,22H,9-12,14-15H2,1H3,(H,26,27). The van der Waals surface area contributed by atoms with Crippen molar-refractivity contribution < 1.29 is 27.9 Å². The number of hydrogen-bond acceptors (Lipinski definition) is 6. The highest BCUT2D eigenvalue weighted by atomic mass is 32.2. The first kappa shape index (κ1) is 22.6. The molecule has 0 radical (unpaired) electrons. The van der Waals surface area contributed by atoms with E-state index in [1.165, 1.54) is 12.1 Å². The van der Waals surface area contributed by atoms with E-state index in [2.05, 4.69) is 4.72 Å². The molecule has 1 amide bonds. The Bertz CT molecular complexity index is 1040. The molecule has 2 N–H and O–H groups in total. The highest BCUT2D eigenvalue weighted by Crippen LogP contribution is 2.25. The van der Waals surface area contributed by atoms with Gasteiger partial charge < -0.3 is 19.6 Å². The van der Waals surface area contributed by atoms with Crippen LogP contribution in [0.5, 0.6) is 0 Å². The zero-order valence-corrected chi connectivity index (χ0v) is 18.0. The predicted molar refractivity (Wildman–Crippen MR) is 117 cm³/mol. The molecule has 0 unspecified atom stereocenters. The molecule has 1 saturated heterocycles. The Morgan fingerprint density at radius 3 is 2.45 bits per heavy atom. The van der Waals surface area contributed by atoms with Gasteiger partial charge in [-0.1, -0.05) is 30.3 Å². The molecule has 0 atom stereocenters. The topological polar surface area (TPSA) is 116 Å². The smallest absolute Gasteiger partial charge is 0.337 e. The number of likely N-dealkylation sites (N-methyl/N-ethyl adjacent to an activating group) is 1. The molecular formula is C21H25N3O6S. The number of carbonyl (C=O) groups excluding carboxylic acids is 1. The van der Waals surface area contributed by atoms with Gasteiger partial charge in [0.15, 0.2) is 0 Å². The van der Waals surface area contributed by atoms with Crippen LogP contribution in [0.4, 0.5) is 11.4 Å². The van der Waals surface area contributed by atoms with E-state index in [1.807, 2.05) is 0 Å². The molecule has 0 bridgehead atoms. The van der Waals surface area contributed by atoms with Gasteiger partial charge in [0.05, 0.1) is 36.8 Å². The number of sulfonamides is 1. The minimum Gasteiger partial charge on any atom is -0.478 e. The quantitative estimate of drug-likeness (QED) is 0.632. The summed E-state index contributed by atoms with van der Waals surface area (Å²) in [5, 5.41) is 9.60. The first-order chi connectivity index (χ1) is 14.7. The van der Waals surface area contributed by atoms with E-state index in [-0.39, 0.29) is 29.5 Å². The van der Waals surface area contributed by atoms with Gasteiger partial charge in [0.2, 0.25) is 15.9 Å². The van der Waals surface area contributed by atoms with Gasteiger partial charge in [-0.25, -0.2) is 13.2 Å². The van der Waals surface area contributed by atoms with Crippen LogP contribution in [0, 0.1) is 0 Å². The van der Waals surface area contributed by atoms with Gasteiger partial charge in [-0.3, -0.25) is 9.52 Å². The van der Waals surface area contributed by atoms with E-state index in [9.17, 15) is 23.1 Å². The lowest BCUT2D eigenvalue weighted by atomic mass is 10.1. The number of carboxylic acids is 1. The highest BCUT2D eigenvalue weighted by molar-refractivity contribution is 7.91. The summed E-state index contributed by atoms with van der Waals surface area (Å²) in [5.74, 6) is -1.63. The third-order valence-electron chi connectivity index (χ3n) is 4.88. The van der Waals surface area contributed by atoms with Crippen molar-refractivity contribution in [3.8, 4) is 0 Å². The zero-order chi connectivity index (χ0) is 22.4. The van der Waals surface area contributed by atoms with Gasteiger partial charge in [-0.05, 0) is 23.8 Å². The maximum atomic E-state index is 12.5. The number of nitrogens with zero attached hydrogens (tertiary/aromatic N) is 2. The minimum absolute atomic E-state index is 0.0277. The monoisotopic (exact) mass is 447 g/mol. The number of rotatable bonds is 8. The van der Waals surface area contributed by atoms with Crippen LogP contribution >= 0.6 is 0 Å². The Kier molecular flexibility index (Phi) is 7.13. The Balaban J connectivity index is 1.74. The minimum atomic E-state index is -3.81. The molecule has 0 saturated carbocycles. The molecule has 1 fully saturated rings. The number of carbonyl (C=O) groups is 2. The molecule has 2 aromatic carbocycles. The van der Waals surface area contributed by atoms with Gasteiger partial charge in [0, 0.05) is 25.8 Å². The van der Waals surface area contributed by atoms with Crippen LogP contribution in [0.2, 0.25) is 0 Å². The molecule has 31 heavy (non-hydrogen) atoms. The molecule has 9 nitrogen and oxygen atoms in total. The van der Waals surface area contributed by atoms with Gasteiger partial charge in [0.1, 0.15) is 0 Å². The lowest BCUT2D eigenvalue weighted by Crippen LogP contribution is -2.45. The van der Waals surface area contributed by atoms with Crippen molar-refractivity contribution >= 4 is 33.3 Å². The number of carboxylic acid groups (broad SMARTS) is 1. The lowest BCUT2D eigenvalue weighted by molar-refractivity contribution is -0.133. The number of anilines is 2. The second-order valence-corrected chi connectivity index (χ2v) is 8.95. The van der Waals surface area contributed by atoms with Crippen LogP contribution in [0.1, 0.15) is 15.9 Å². The van der Waals surface area contributed by atoms with Gasteiger partial charge in [0.25, 0.3) is 0 Å². The van der Waals surface area contributed by atoms with Crippen LogP contribution < -0.4 is 9.62 Å². The lowest BCUT2D eigenvalue weighted by Gasteiger charge is -2.29. The number of nitrogens with one attached hydrogen (secondary N) is 1. The third kappa shape index (κ3) is 6.19. The molecule has 1 aliphatic rings. The second kappa shape index (κ2) is 9.80. The Hall–Kier alpha value is -3.11. The van der Waals surface area contributed by atoms with E-state index in [1.54, 1.807) is 53.2 Å². The summed E-state index contributed by atoms with van der Waals surface area (Å²) < 4.78 is 32.6. The van der Waals surface area contributed by atoms with Gasteiger partial charge >= 0.3 is 5.97 Å². The molecular weight excluding hydrogens is 422 g/mol. The van der Waals surface area contributed by atoms with Crippen molar-refractivity contribution in [3.05, 3.63) is 59.7 Å². The number of hydrogen-bond donors (Lipinski definition) is 2. The largest absolute Gasteiger partial charge is 0.478 e. The molecule has 0 spiro atoms. The summed E-state index contributed by atoms with van der Waals surface area (Å²) in [7, 11) is -2.13. The number of aromatic carboxylic acids is 1. The average Bonchev–Trinajstić information content (AvgIpc) is 2.74. The maximum absolute atomic E-state index is 12.5. The first-order valence-electron chi connectivity index (χ1n) is 9.73. The van der Waals surface area contributed by atoms with Crippen molar-refractivity contribution in [3.63, 3.8) is 0 Å². The molecule has 0 aliphatic carbocycles. The summed E-state index contributed by atoms with van der Waals surface area (Å²) in [5.41, 5.74) is 0.856. The molecule has 0 aromatic heterocycles. The predicted octanol–water partition coefficient (Wildman–Crippen LogP) is 1.62. The number of benzene rings is 2. The van der Waals surface area contributed by atoms with E-state index >= 15 is 0 Å². The molecule has 1 heterocycles. The number of morpholine rings is 1. The second-order valence-electron chi connectivity index (χ2n) is 7.23. The van der Waals surface area contributed by atoms with Crippen LogP contribution in [-0.2, 0) is 25.3 Å². The summed E-state index contributed by atoms with van der Waals surface area (Å²) in [4.78, 5) is 27.5. The zero-order valence-electron chi connectivity index (χ0n) is 17.2. The van der Waals surface area contributed by atoms with Crippen molar-refractivity contribution in [2.45, 2.75) is 5.75 Å². The Morgan fingerprint density at radius 1 is 1.13 bits per heavy atom. The highest BCUT2D eigenvalue weighted by Gasteiger charge is 2.21. The summed E-state index contributed by atoms with van der Waals surface area (Å²) in [6.07, 6.45) is 0. The molecule has 166 valence electrons. The SMILES string of the molecule is CN(CC(=O)N1CCOCC1)c1ccc(NS(=O)(=O)Cc2ccccc2)c(C(=O)O)c1.